The van der Waals surface area contributed by atoms with Crippen molar-refractivity contribution < 1.29 is 14.9 Å². The summed E-state index contributed by atoms with van der Waals surface area (Å²) in [5.74, 6) is 1.17. The maximum atomic E-state index is 10.1. The summed E-state index contributed by atoms with van der Waals surface area (Å²) in [6, 6.07) is 14.4. The van der Waals surface area contributed by atoms with Gasteiger partial charge in [0.2, 0.25) is 0 Å². The Kier molecular flexibility index (Phi) is 2.35. The summed E-state index contributed by atoms with van der Waals surface area (Å²) in [5.41, 5.74) is 1.22. The van der Waals surface area contributed by atoms with E-state index in [0.29, 0.717) is 22.6 Å². The van der Waals surface area contributed by atoms with Crippen LogP contribution < -0.4 is 4.74 Å². The molecule has 2 aromatic rings. The molecule has 17 heavy (non-hydrogen) atoms. The third-order valence-electron chi connectivity index (χ3n) is 2.99. The minimum Gasteiger partial charge on any atom is -0.457 e. The molecule has 1 aliphatic heterocycles. The predicted molar refractivity (Wildman–Crippen MR) is 62.9 cm³/mol. The molecule has 3 heteroatoms. The van der Waals surface area contributed by atoms with Crippen molar-refractivity contribution in [2.45, 2.75) is 12.2 Å². The Labute approximate surface area is 98.9 Å². The maximum absolute atomic E-state index is 10.1. The third kappa shape index (κ3) is 1.60. The number of benzene rings is 2. The zero-order valence-corrected chi connectivity index (χ0v) is 9.08. The summed E-state index contributed by atoms with van der Waals surface area (Å²) in [7, 11) is 0. The van der Waals surface area contributed by atoms with Gasteiger partial charge in [0.15, 0.2) is 0 Å². The van der Waals surface area contributed by atoms with Crippen LogP contribution in [0, 0.1) is 0 Å². The van der Waals surface area contributed by atoms with Crippen molar-refractivity contribution >= 4 is 0 Å². The molecule has 0 unspecified atom stereocenters. The van der Waals surface area contributed by atoms with Crippen LogP contribution in [0.15, 0.2) is 48.5 Å². The second kappa shape index (κ2) is 3.87. The highest BCUT2D eigenvalue weighted by Gasteiger charge is 2.29. The van der Waals surface area contributed by atoms with Crippen LogP contribution in [-0.4, -0.2) is 10.2 Å². The zero-order valence-electron chi connectivity index (χ0n) is 9.08. The van der Waals surface area contributed by atoms with Crippen LogP contribution in [0.4, 0.5) is 0 Å². The summed E-state index contributed by atoms with van der Waals surface area (Å²) >= 11 is 0. The molecule has 0 aromatic heterocycles. The highest BCUT2D eigenvalue weighted by molar-refractivity contribution is 5.47. The Morgan fingerprint density at radius 1 is 0.706 bits per heavy atom. The summed E-state index contributed by atoms with van der Waals surface area (Å²) in [5, 5.41) is 20.3. The van der Waals surface area contributed by atoms with E-state index in [4.69, 9.17) is 4.74 Å². The standard InChI is InChI=1S/C14H12O3/c15-13-9-5-1-3-7-11(9)17-12-8-4-2-6-10(12)14(13)16/h1-8,13-16H/t13-,14+. The Morgan fingerprint density at radius 3 is 1.59 bits per heavy atom. The van der Waals surface area contributed by atoms with Crippen molar-refractivity contribution in [3.8, 4) is 11.5 Å². The Balaban J connectivity index is 2.20. The third-order valence-corrected chi connectivity index (χ3v) is 2.99. The number of ether oxygens (including phenoxy) is 1. The van der Waals surface area contributed by atoms with Crippen LogP contribution in [0.3, 0.4) is 0 Å². The molecule has 1 aliphatic rings. The highest BCUT2D eigenvalue weighted by Crippen LogP contribution is 2.43. The van der Waals surface area contributed by atoms with E-state index in [0.717, 1.165) is 0 Å². The molecule has 1 heterocycles. The molecule has 0 amide bonds. The number of hydrogen-bond donors (Lipinski definition) is 2. The number of rotatable bonds is 0. The second-order valence-corrected chi connectivity index (χ2v) is 4.07. The monoisotopic (exact) mass is 228 g/mol. The minimum absolute atomic E-state index is 0.587. The van der Waals surface area contributed by atoms with Crippen LogP contribution in [0.2, 0.25) is 0 Å². The number of hydrogen-bond acceptors (Lipinski definition) is 3. The molecule has 3 rings (SSSR count). The molecule has 0 saturated carbocycles. The SMILES string of the molecule is O[C@@H]1c2ccccc2Oc2ccccc2[C@@H]1O. The van der Waals surface area contributed by atoms with Gasteiger partial charge in [-0.25, -0.2) is 0 Å². The molecule has 86 valence electrons. The van der Waals surface area contributed by atoms with Gasteiger partial charge in [-0.05, 0) is 12.1 Å². The van der Waals surface area contributed by atoms with Gasteiger partial charge in [0.05, 0.1) is 0 Å². The van der Waals surface area contributed by atoms with Crippen LogP contribution in [0.25, 0.3) is 0 Å². The van der Waals surface area contributed by atoms with Crippen molar-refractivity contribution in [1.29, 1.82) is 0 Å². The van der Waals surface area contributed by atoms with Gasteiger partial charge in [-0.2, -0.15) is 0 Å². The van der Waals surface area contributed by atoms with E-state index in [-0.39, 0.29) is 0 Å². The average Bonchev–Trinajstić information content (AvgIpc) is 2.48. The fourth-order valence-corrected chi connectivity index (χ4v) is 2.09. The first kappa shape index (κ1) is 10.3. The molecule has 0 bridgehead atoms. The molecule has 0 aliphatic carbocycles. The lowest BCUT2D eigenvalue weighted by atomic mass is 9.99. The molecule has 0 saturated heterocycles. The van der Waals surface area contributed by atoms with E-state index in [1.54, 1.807) is 24.3 Å². The van der Waals surface area contributed by atoms with Gasteiger partial charge < -0.3 is 14.9 Å². The molecule has 2 N–H and O–H groups in total. The van der Waals surface area contributed by atoms with E-state index < -0.39 is 12.2 Å². The highest BCUT2D eigenvalue weighted by atomic mass is 16.5. The first-order valence-electron chi connectivity index (χ1n) is 5.49. The van der Waals surface area contributed by atoms with Gasteiger partial charge >= 0.3 is 0 Å². The van der Waals surface area contributed by atoms with Gasteiger partial charge in [0, 0.05) is 11.1 Å². The summed E-state index contributed by atoms with van der Waals surface area (Å²) in [6.45, 7) is 0. The second-order valence-electron chi connectivity index (χ2n) is 4.07. The zero-order chi connectivity index (χ0) is 11.8. The van der Waals surface area contributed by atoms with Crippen LogP contribution in [0.1, 0.15) is 23.3 Å². The largest absolute Gasteiger partial charge is 0.457 e. The van der Waals surface area contributed by atoms with E-state index >= 15 is 0 Å². The lowest BCUT2D eigenvalue weighted by Crippen LogP contribution is -2.08. The lowest BCUT2D eigenvalue weighted by molar-refractivity contribution is 0.0184. The average molecular weight is 228 g/mol. The van der Waals surface area contributed by atoms with Gasteiger partial charge in [-0.1, -0.05) is 36.4 Å². The van der Waals surface area contributed by atoms with Crippen molar-refractivity contribution in [3.63, 3.8) is 0 Å². The fourth-order valence-electron chi connectivity index (χ4n) is 2.09. The normalized spacial score (nSPS) is 22.0. The predicted octanol–water partition coefficient (Wildman–Crippen LogP) is 2.56. The van der Waals surface area contributed by atoms with Crippen LogP contribution in [-0.2, 0) is 0 Å². The number of aliphatic hydroxyl groups is 2. The van der Waals surface area contributed by atoms with Gasteiger partial charge in [0.25, 0.3) is 0 Å². The maximum Gasteiger partial charge on any atom is 0.133 e. The van der Waals surface area contributed by atoms with Crippen molar-refractivity contribution in [2.75, 3.05) is 0 Å². The summed E-state index contributed by atoms with van der Waals surface area (Å²) in [4.78, 5) is 0. The van der Waals surface area contributed by atoms with Crippen LogP contribution in [0.5, 0.6) is 11.5 Å². The molecule has 0 fully saturated rings. The fraction of sp³-hybridized carbons (Fsp3) is 0.143. The van der Waals surface area contributed by atoms with Gasteiger partial charge in [0.1, 0.15) is 23.7 Å². The molecular formula is C14H12O3. The van der Waals surface area contributed by atoms with Crippen molar-refractivity contribution in [2.24, 2.45) is 0 Å². The van der Waals surface area contributed by atoms with E-state index in [9.17, 15) is 10.2 Å². The molecule has 0 radical (unpaired) electrons. The van der Waals surface area contributed by atoms with Crippen molar-refractivity contribution in [1.82, 2.24) is 0 Å². The van der Waals surface area contributed by atoms with E-state index in [2.05, 4.69) is 0 Å². The Morgan fingerprint density at radius 2 is 1.12 bits per heavy atom. The van der Waals surface area contributed by atoms with Crippen LogP contribution >= 0.6 is 0 Å². The minimum atomic E-state index is -0.963. The van der Waals surface area contributed by atoms with Crippen molar-refractivity contribution in [3.05, 3.63) is 59.7 Å². The number of fused-ring (bicyclic) bond motifs is 2. The number of para-hydroxylation sites is 2. The molecule has 3 nitrogen and oxygen atoms in total. The summed E-state index contributed by atoms with van der Waals surface area (Å²) in [6.07, 6.45) is -1.93. The van der Waals surface area contributed by atoms with Gasteiger partial charge in [-0.3, -0.25) is 0 Å². The first-order valence-corrected chi connectivity index (χ1v) is 5.49. The van der Waals surface area contributed by atoms with E-state index in [1.807, 2.05) is 24.3 Å². The van der Waals surface area contributed by atoms with Gasteiger partial charge in [-0.15, -0.1) is 0 Å². The first-order chi connectivity index (χ1) is 8.27. The molecule has 2 atom stereocenters. The Bertz CT molecular complexity index is 501. The topological polar surface area (TPSA) is 49.7 Å². The molecular weight excluding hydrogens is 216 g/mol. The van der Waals surface area contributed by atoms with E-state index in [1.165, 1.54) is 0 Å². The lowest BCUT2D eigenvalue weighted by Gasteiger charge is -2.16. The Hall–Kier alpha value is -1.84. The number of aliphatic hydroxyl groups excluding tert-OH is 2. The molecule has 0 spiro atoms. The molecule has 2 aromatic carbocycles. The smallest absolute Gasteiger partial charge is 0.133 e. The quantitative estimate of drug-likeness (QED) is 0.728. The summed E-state index contributed by atoms with van der Waals surface area (Å²) < 4.78 is 5.72.